The highest BCUT2D eigenvalue weighted by atomic mass is 79.9. The van der Waals surface area contributed by atoms with Crippen molar-refractivity contribution in [3.63, 3.8) is 0 Å². The van der Waals surface area contributed by atoms with Gasteiger partial charge in [-0.1, -0.05) is 12.1 Å². The van der Waals surface area contributed by atoms with Crippen LogP contribution in [0.5, 0.6) is 0 Å². The van der Waals surface area contributed by atoms with Gasteiger partial charge in [-0.15, -0.1) is 0 Å². The third-order valence-corrected chi connectivity index (χ3v) is 2.41. The molecule has 0 heterocycles. The van der Waals surface area contributed by atoms with Crippen molar-refractivity contribution >= 4 is 15.9 Å². The molecule has 0 radical (unpaired) electrons. The van der Waals surface area contributed by atoms with Crippen molar-refractivity contribution in [2.75, 3.05) is 0 Å². The second-order valence-corrected chi connectivity index (χ2v) is 3.80. The lowest BCUT2D eigenvalue weighted by molar-refractivity contribution is 0.149. The number of hydrogen-bond acceptors (Lipinski definition) is 2. The minimum absolute atomic E-state index is 0.226. The van der Waals surface area contributed by atoms with Gasteiger partial charge >= 0.3 is 0 Å². The van der Waals surface area contributed by atoms with E-state index < -0.39 is 18.0 Å². The largest absolute Gasteiger partial charge is 0.387 e. The Morgan fingerprint density at radius 2 is 2.15 bits per heavy atom. The molecule has 0 aliphatic heterocycles. The molecule has 2 atom stereocenters. The van der Waals surface area contributed by atoms with Crippen LogP contribution in [0.2, 0.25) is 0 Å². The van der Waals surface area contributed by atoms with Crippen LogP contribution in [0.25, 0.3) is 0 Å². The number of aliphatic hydroxyl groups is 1. The maximum atomic E-state index is 13.3. The molecule has 1 aromatic carbocycles. The van der Waals surface area contributed by atoms with Gasteiger partial charge < -0.3 is 10.8 Å². The van der Waals surface area contributed by atoms with Gasteiger partial charge in [-0.3, -0.25) is 0 Å². The third kappa shape index (κ3) is 2.27. The Labute approximate surface area is 84.7 Å². The summed E-state index contributed by atoms with van der Waals surface area (Å²) in [6.07, 6.45) is -0.961. The minimum atomic E-state index is -0.961. The van der Waals surface area contributed by atoms with E-state index in [1.165, 1.54) is 6.07 Å². The fraction of sp³-hybridized carbons (Fsp3) is 0.333. The highest BCUT2D eigenvalue weighted by molar-refractivity contribution is 9.10. The summed E-state index contributed by atoms with van der Waals surface area (Å²) in [6.45, 7) is 1.63. The summed E-state index contributed by atoms with van der Waals surface area (Å²) in [5, 5.41) is 9.52. The molecule has 0 amide bonds. The predicted molar refractivity (Wildman–Crippen MR) is 52.7 cm³/mol. The monoisotopic (exact) mass is 247 g/mol. The van der Waals surface area contributed by atoms with Crippen LogP contribution in [-0.4, -0.2) is 11.1 Å². The van der Waals surface area contributed by atoms with E-state index in [9.17, 15) is 9.50 Å². The van der Waals surface area contributed by atoms with Crippen molar-refractivity contribution in [1.29, 1.82) is 0 Å². The van der Waals surface area contributed by atoms with Gasteiger partial charge in [0.25, 0.3) is 0 Å². The number of rotatable bonds is 2. The molecule has 1 rings (SSSR count). The minimum Gasteiger partial charge on any atom is -0.387 e. The van der Waals surface area contributed by atoms with E-state index in [2.05, 4.69) is 15.9 Å². The van der Waals surface area contributed by atoms with Gasteiger partial charge in [0.1, 0.15) is 5.82 Å². The zero-order valence-corrected chi connectivity index (χ0v) is 8.75. The van der Waals surface area contributed by atoms with E-state index in [1.54, 1.807) is 19.1 Å². The summed E-state index contributed by atoms with van der Waals surface area (Å²) in [5.74, 6) is -0.452. The Bertz CT molecular complexity index is 304. The number of halogens is 2. The van der Waals surface area contributed by atoms with Crippen molar-refractivity contribution in [3.8, 4) is 0 Å². The fourth-order valence-electron chi connectivity index (χ4n) is 1.03. The molecule has 3 N–H and O–H groups in total. The van der Waals surface area contributed by atoms with Crippen molar-refractivity contribution in [2.45, 2.75) is 19.1 Å². The molecule has 0 saturated heterocycles. The number of benzene rings is 1. The Hall–Kier alpha value is -0.450. The van der Waals surface area contributed by atoms with Gasteiger partial charge in [0, 0.05) is 11.6 Å². The zero-order chi connectivity index (χ0) is 10.0. The second kappa shape index (κ2) is 4.17. The van der Waals surface area contributed by atoms with Crippen LogP contribution >= 0.6 is 15.9 Å². The molecule has 13 heavy (non-hydrogen) atoms. The van der Waals surface area contributed by atoms with Gasteiger partial charge in [0.05, 0.1) is 10.6 Å². The van der Waals surface area contributed by atoms with Crippen LogP contribution in [0, 0.1) is 5.82 Å². The molecule has 0 aromatic heterocycles. The van der Waals surface area contributed by atoms with Gasteiger partial charge in [-0.25, -0.2) is 4.39 Å². The molecule has 0 aliphatic carbocycles. The average Bonchev–Trinajstić information content (AvgIpc) is 2.08. The summed E-state index contributed by atoms with van der Waals surface area (Å²) in [7, 11) is 0. The van der Waals surface area contributed by atoms with Crippen LogP contribution in [0.1, 0.15) is 18.6 Å². The lowest BCUT2D eigenvalue weighted by Gasteiger charge is -2.15. The summed E-state index contributed by atoms with van der Waals surface area (Å²) < 4.78 is 13.7. The van der Waals surface area contributed by atoms with Crippen LogP contribution in [0.3, 0.4) is 0 Å². The molecule has 0 spiro atoms. The Morgan fingerprint density at radius 1 is 1.54 bits per heavy atom. The molecule has 2 nitrogen and oxygen atoms in total. The van der Waals surface area contributed by atoms with Crippen LogP contribution in [0.4, 0.5) is 4.39 Å². The normalized spacial score (nSPS) is 15.5. The highest BCUT2D eigenvalue weighted by Crippen LogP contribution is 2.24. The van der Waals surface area contributed by atoms with E-state index in [0.717, 1.165) is 0 Å². The molecule has 0 bridgehead atoms. The Kier molecular flexibility index (Phi) is 3.41. The van der Waals surface area contributed by atoms with Crippen molar-refractivity contribution < 1.29 is 9.50 Å². The molecule has 0 unspecified atom stereocenters. The topological polar surface area (TPSA) is 46.2 Å². The van der Waals surface area contributed by atoms with Crippen molar-refractivity contribution in [3.05, 3.63) is 34.1 Å². The number of hydrogen-bond donors (Lipinski definition) is 2. The quantitative estimate of drug-likeness (QED) is 0.840. The molecule has 72 valence electrons. The third-order valence-electron chi connectivity index (χ3n) is 1.80. The SMILES string of the molecule is C[C@H](N)[C@H](O)c1cccc(Br)c1F. The van der Waals surface area contributed by atoms with E-state index in [1.807, 2.05) is 0 Å². The maximum absolute atomic E-state index is 13.3. The van der Waals surface area contributed by atoms with E-state index in [-0.39, 0.29) is 5.56 Å². The van der Waals surface area contributed by atoms with Crippen LogP contribution in [0.15, 0.2) is 22.7 Å². The lowest BCUT2D eigenvalue weighted by Crippen LogP contribution is -2.25. The number of aliphatic hydroxyl groups excluding tert-OH is 1. The maximum Gasteiger partial charge on any atom is 0.143 e. The molecule has 0 fully saturated rings. The van der Waals surface area contributed by atoms with Gasteiger partial charge in [0.2, 0.25) is 0 Å². The summed E-state index contributed by atoms with van der Waals surface area (Å²) in [5.41, 5.74) is 5.68. The van der Waals surface area contributed by atoms with Gasteiger partial charge in [0.15, 0.2) is 0 Å². The van der Waals surface area contributed by atoms with Gasteiger partial charge in [-0.2, -0.15) is 0 Å². The number of nitrogens with two attached hydrogens (primary N) is 1. The predicted octanol–water partition coefficient (Wildman–Crippen LogP) is 1.97. The highest BCUT2D eigenvalue weighted by Gasteiger charge is 2.17. The first-order valence-corrected chi connectivity index (χ1v) is 4.71. The molecular formula is C9H11BrFNO. The summed E-state index contributed by atoms with van der Waals surface area (Å²) in [6, 6.07) is 4.28. The molecule has 0 aliphatic rings. The zero-order valence-electron chi connectivity index (χ0n) is 7.17. The Balaban J connectivity index is 3.07. The smallest absolute Gasteiger partial charge is 0.143 e. The van der Waals surface area contributed by atoms with E-state index in [4.69, 9.17) is 5.73 Å². The van der Waals surface area contributed by atoms with E-state index >= 15 is 0 Å². The van der Waals surface area contributed by atoms with Crippen LogP contribution < -0.4 is 5.73 Å². The van der Waals surface area contributed by atoms with Crippen molar-refractivity contribution in [2.24, 2.45) is 5.73 Å². The summed E-state index contributed by atoms with van der Waals surface area (Å²) >= 11 is 3.04. The second-order valence-electron chi connectivity index (χ2n) is 2.95. The van der Waals surface area contributed by atoms with Crippen molar-refractivity contribution in [1.82, 2.24) is 0 Å². The standard InChI is InChI=1S/C9H11BrFNO/c1-5(12)9(13)6-3-2-4-7(10)8(6)11/h2-5,9,13H,12H2,1H3/t5-,9-/m0/s1. The lowest BCUT2D eigenvalue weighted by atomic mass is 10.0. The first kappa shape index (κ1) is 10.6. The average molecular weight is 248 g/mol. The first-order chi connectivity index (χ1) is 6.04. The summed E-state index contributed by atoms with van der Waals surface area (Å²) in [4.78, 5) is 0. The molecule has 0 saturated carbocycles. The molecular weight excluding hydrogens is 237 g/mol. The first-order valence-electron chi connectivity index (χ1n) is 3.91. The molecule has 1 aromatic rings. The van der Waals surface area contributed by atoms with Crippen LogP contribution in [-0.2, 0) is 0 Å². The molecule has 4 heteroatoms. The Morgan fingerprint density at radius 3 is 2.69 bits per heavy atom. The van der Waals surface area contributed by atoms with Gasteiger partial charge in [-0.05, 0) is 28.9 Å². The van der Waals surface area contributed by atoms with E-state index in [0.29, 0.717) is 4.47 Å². The fourth-order valence-corrected chi connectivity index (χ4v) is 1.41.